The average Bonchev–Trinajstić information content (AvgIpc) is 2.72. The predicted octanol–water partition coefficient (Wildman–Crippen LogP) is 1.63. The molecular weight excluding hydrogens is 254 g/mol. The molecule has 1 atom stereocenters. The van der Waals surface area contributed by atoms with E-state index in [2.05, 4.69) is 10.3 Å². The highest BCUT2D eigenvalue weighted by Gasteiger charge is 2.18. The molecule has 2 N–H and O–H groups in total. The van der Waals surface area contributed by atoms with Crippen molar-refractivity contribution in [1.29, 1.82) is 0 Å². The van der Waals surface area contributed by atoms with E-state index in [-0.39, 0.29) is 18.6 Å². The normalized spacial score (nSPS) is 11.9. The van der Waals surface area contributed by atoms with Crippen molar-refractivity contribution in [3.8, 4) is 0 Å². The van der Waals surface area contributed by atoms with Crippen LogP contribution in [0.5, 0.6) is 0 Å². The van der Waals surface area contributed by atoms with Gasteiger partial charge in [0.25, 0.3) is 0 Å². The van der Waals surface area contributed by atoms with E-state index in [4.69, 9.17) is 5.11 Å². The molecular formula is C11H17N3O3S. The molecule has 0 bridgehead atoms. The van der Waals surface area contributed by atoms with Gasteiger partial charge in [0, 0.05) is 17.6 Å². The van der Waals surface area contributed by atoms with E-state index in [1.54, 1.807) is 13.1 Å². The summed E-state index contributed by atoms with van der Waals surface area (Å²) in [6.45, 7) is 5.55. The summed E-state index contributed by atoms with van der Waals surface area (Å²) in [5.41, 5.74) is 0. The highest BCUT2D eigenvalue weighted by molar-refractivity contribution is 7.11. The maximum Gasteiger partial charge on any atom is 0.323 e. The van der Waals surface area contributed by atoms with Crippen molar-refractivity contribution in [1.82, 2.24) is 15.2 Å². The third-order valence-electron chi connectivity index (χ3n) is 2.34. The van der Waals surface area contributed by atoms with E-state index < -0.39 is 5.97 Å². The molecule has 1 unspecified atom stereocenters. The zero-order chi connectivity index (χ0) is 13.7. The zero-order valence-electron chi connectivity index (χ0n) is 10.6. The molecule has 1 heterocycles. The fourth-order valence-corrected chi connectivity index (χ4v) is 2.18. The van der Waals surface area contributed by atoms with Crippen LogP contribution in [0.25, 0.3) is 0 Å². The molecule has 18 heavy (non-hydrogen) atoms. The second-order valence-corrected chi connectivity index (χ2v) is 5.15. The molecule has 0 aliphatic carbocycles. The van der Waals surface area contributed by atoms with Crippen molar-refractivity contribution >= 4 is 23.3 Å². The van der Waals surface area contributed by atoms with Gasteiger partial charge in [-0.25, -0.2) is 9.78 Å². The summed E-state index contributed by atoms with van der Waals surface area (Å²) < 4.78 is 0. The summed E-state index contributed by atoms with van der Waals surface area (Å²) in [5, 5.41) is 12.2. The highest BCUT2D eigenvalue weighted by Crippen LogP contribution is 2.18. The largest absolute Gasteiger partial charge is 0.480 e. The van der Waals surface area contributed by atoms with Crippen LogP contribution in [0.3, 0.4) is 0 Å². The smallest absolute Gasteiger partial charge is 0.323 e. The Morgan fingerprint density at radius 3 is 2.72 bits per heavy atom. The number of aliphatic carboxylic acids is 1. The van der Waals surface area contributed by atoms with Gasteiger partial charge in [-0.3, -0.25) is 4.79 Å². The Morgan fingerprint density at radius 2 is 2.28 bits per heavy atom. The van der Waals surface area contributed by atoms with Crippen molar-refractivity contribution in [2.24, 2.45) is 0 Å². The van der Waals surface area contributed by atoms with Gasteiger partial charge >= 0.3 is 12.0 Å². The first-order chi connectivity index (χ1) is 8.43. The Morgan fingerprint density at radius 1 is 1.61 bits per heavy atom. The lowest BCUT2D eigenvalue weighted by Gasteiger charge is -2.21. The van der Waals surface area contributed by atoms with Gasteiger partial charge in [0.15, 0.2) is 0 Å². The number of aryl methyl sites for hydroxylation is 1. The summed E-state index contributed by atoms with van der Waals surface area (Å²) in [4.78, 5) is 28.9. The first-order valence-electron chi connectivity index (χ1n) is 5.63. The number of amides is 2. The Balaban J connectivity index is 2.60. The van der Waals surface area contributed by atoms with Crippen molar-refractivity contribution < 1.29 is 14.7 Å². The molecule has 0 saturated heterocycles. The number of carboxylic acid groups (broad SMARTS) is 1. The standard InChI is InChI=1S/C11H17N3O3S/c1-4-14(6-9(15)16)11(17)13-8(3)10-12-5-7(2)18-10/h5,8H,4,6H2,1-3H3,(H,13,17)(H,15,16). The summed E-state index contributed by atoms with van der Waals surface area (Å²) in [6, 6.07) is -0.612. The van der Waals surface area contributed by atoms with Crippen LogP contribution in [0.2, 0.25) is 0 Å². The summed E-state index contributed by atoms with van der Waals surface area (Å²) in [7, 11) is 0. The SMILES string of the molecule is CCN(CC(=O)O)C(=O)NC(C)c1ncc(C)s1. The molecule has 2 amide bonds. The molecule has 1 aromatic rings. The monoisotopic (exact) mass is 271 g/mol. The topological polar surface area (TPSA) is 82.5 Å². The Labute approximate surface area is 110 Å². The van der Waals surface area contributed by atoms with Gasteiger partial charge in [-0.1, -0.05) is 0 Å². The fraction of sp³-hybridized carbons (Fsp3) is 0.545. The van der Waals surface area contributed by atoms with E-state index in [0.717, 1.165) is 9.88 Å². The molecule has 0 aliphatic rings. The molecule has 0 aromatic carbocycles. The number of carboxylic acids is 1. The number of likely N-dealkylation sites (N-methyl/N-ethyl adjacent to an activating group) is 1. The number of urea groups is 1. The molecule has 6 nitrogen and oxygen atoms in total. The molecule has 0 saturated carbocycles. The molecule has 1 rings (SSSR count). The van der Waals surface area contributed by atoms with Crippen LogP contribution < -0.4 is 5.32 Å². The van der Waals surface area contributed by atoms with Crippen molar-refractivity contribution in [3.05, 3.63) is 16.1 Å². The van der Waals surface area contributed by atoms with Crippen LogP contribution in [-0.2, 0) is 4.79 Å². The zero-order valence-corrected chi connectivity index (χ0v) is 11.5. The Hall–Kier alpha value is -1.63. The second kappa shape index (κ2) is 6.34. The Bertz CT molecular complexity index is 433. The van der Waals surface area contributed by atoms with Crippen LogP contribution in [0, 0.1) is 6.92 Å². The average molecular weight is 271 g/mol. The molecule has 0 fully saturated rings. The summed E-state index contributed by atoms with van der Waals surface area (Å²) >= 11 is 1.51. The molecule has 1 aromatic heterocycles. The van der Waals surface area contributed by atoms with Crippen LogP contribution in [-0.4, -0.2) is 40.1 Å². The number of rotatable bonds is 5. The van der Waals surface area contributed by atoms with E-state index in [9.17, 15) is 9.59 Å². The van der Waals surface area contributed by atoms with Crippen molar-refractivity contribution in [2.75, 3.05) is 13.1 Å². The van der Waals surface area contributed by atoms with E-state index in [0.29, 0.717) is 6.54 Å². The van der Waals surface area contributed by atoms with E-state index >= 15 is 0 Å². The summed E-state index contributed by atoms with van der Waals surface area (Å²) in [6.07, 6.45) is 1.75. The minimum Gasteiger partial charge on any atom is -0.480 e. The van der Waals surface area contributed by atoms with E-state index in [1.165, 1.54) is 16.2 Å². The van der Waals surface area contributed by atoms with Crippen LogP contribution in [0.1, 0.15) is 29.8 Å². The molecule has 100 valence electrons. The molecule has 7 heteroatoms. The van der Waals surface area contributed by atoms with Gasteiger partial charge in [-0.2, -0.15) is 0 Å². The van der Waals surface area contributed by atoms with Gasteiger partial charge in [0.2, 0.25) is 0 Å². The van der Waals surface area contributed by atoms with Gasteiger partial charge in [0.1, 0.15) is 11.6 Å². The van der Waals surface area contributed by atoms with Crippen LogP contribution in [0.15, 0.2) is 6.20 Å². The highest BCUT2D eigenvalue weighted by atomic mass is 32.1. The Kier molecular flexibility index (Phi) is 5.08. The van der Waals surface area contributed by atoms with Crippen molar-refractivity contribution in [2.45, 2.75) is 26.8 Å². The number of hydrogen-bond acceptors (Lipinski definition) is 4. The lowest BCUT2D eigenvalue weighted by Crippen LogP contribution is -2.43. The lowest BCUT2D eigenvalue weighted by molar-refractivity contribution is -0.137. The van der Waals surface area contributed by atoms with Gasteiger partial charge < -0.3 is 15.3 Å². The number of hydrogen-bond donors (Lipinski definition) is 2. The third-order valence-corrected chi connectivity index (χ3v) is 3.44. The number of aromatic nitrogens is 1. The van der Waals surface area contributed by atoms with Crippen LogP contribution >= 0.6 is 11.3 Å². The number of thiazole rings is 1. The minimum absolute atomic E-state index is 0.223. The maximum atomic E-state index is 11.8. The van der Waals surface area contributed by atoms with Gasteiger partial charge in [0.05, 0.1) is 6.04 Å². The number of carbonyl (C=O) groups excluding carboxylic acids is 1. The van der Waals surface area contributed by atoms with Gasteiger partial charge in [-0.05, 0) is 20.8 Å². The second-order valence-electron chi connectivity index (χ2n) is 3.89. The first-order valence-corrected chi connectivity index (χ1v) is 6.45. The number of nitrogens with one attached hydrogen (secondary N) is 1. The molecule has 0 aliphatic heterocycles. The van der Waals surface area contributed by atoms with Crippen LogP contribution in [0.4, 0.5) is 4.79 Å². The first kappa shape index (κ1) is 14.4. The van der Waals surface area contributed by atoms with Gasteiger partial charge in [-0.15, -0.1) is 11.3 Å². The maximum absolute atomic E-state index is 11.8. The number of nitrogens with zero attached hydrogens (tertiary/aromatic N) is 2. The quantitative estimate of drug-likeness (QED) is 0.852. The number of carbonyl (C=O) groups is 2. The minimum atomic E-state index is -1.02. The van der Waals surface area contributed by atoms with E-state index in [1.807, 2.05) is 13.8 Å². The third kappa shape index (κ3) is 3.99. The predicted molar refractivity (Wildman–Crippen MR) is 68.7 cm³/mol. The lowest BCUT2D eigenvalue weighted by atomic mass is 10.3. The summed E-state index contributed by atoms with van der Waals surface area (Å²) in [5.74, 6) is -1.02. The molecule has 0 spiro atoms. The van der Waals surface area contributed by atoms with Crippen molar-refractivity contribution in [3.63, 3.8) is 0 Å². The molecule has 0 radical (unpaired) electrons. The fourth-order valence-electron chi connectivity index (χ4n) is 1.40.